The number of hydrogen-bond acceptors (Lipinski definition) is 1. The molecule has 0 aromatic heterocycles. The maximum Gasteiger partial charge on any atom is 0.256 e. The standard InChI is InChI=1S/C15H9F2NO/c16-12-5-3-6-13(17)11(12)8-10-9-4-1-2-7-14(9)18-15(10)19/h1-8H,(H,18,19)/b10-8+. The van der Waals surface area contributed by atoms with Gasteiger partial charge in [-0.25, -0.2) is 8.78 Å². The Hall–Kier alpha value is -2.49. The number of halogens is 2. The van der Waals surface area contributed by atoms with Crippen molar-refractivity contribution in [1.82, 2.24) is 0 Å². The smallest absolute Gasteiger partial charge is 0.256 e. The van der Waals surface area contributed by atoms with Gasteiger partial charge < -0.3 is 5.32 Å². The first-order valence-corrected chi connectivity index (χ1v) is 5.73. The average Bonchev–Trinajstić information content (AvgIpc) is 2.70. The second kappa shape index (κ2) is 4.31. The summed E-state index contributed by atoms with van der Waals surface area (Å²) in [6.45, 7) is 0. The molecular formula is C15H9F2NO. The van der Waals surface area contributed by atoms with Gasteiger partial charge in [0.15, 0.2) is 0 Å². The first-order chi connectivity index (χ1) is 9.16. The number of fused-ring (bicyclic) bond motifs is 1. The lowest BCUT2D eigenvalue weighted by atomic mass is 10.0. The molecule has 1 aliphatic rings. The second-order valence-corrected chi connectivity index (χ2v) is 4.19. The van der Waals surface area contributed by atoms with Crippen LogP contribution in [0.25, 0.3) is 11.6 Å². The summed E-state index contributed by atoms with van der Waals surface area (Å²) in [5, 5.41) is 2.65. The van der Waals surface area contributed by atoms with Gasteiger partial charge in [0.1, 0.15) is 11.6 Å². The molecule has 94 valence electrons. The lowest BCUT2D eigenvalue weighted by Crippen LogP contribution is -2.04. The van der Waals surface area contributed by atoms with E-state index in [0.717, 1.165) is 12.1 Å². The molecule has 0 spiro atoms. The fourth-order valence-corrected chi connectivity index (χ4v) is 2.08. The summed E-state index contributed by atoms with van der Waals surface area (Å²) in [6, 6.07) is 10.6. The normalized spacial score (nSPS) is 15.5. The van der Waals surface area contributed by atoms with Crippen LogP contribution < -0.4 is 5.32 Å². The van der Waals surface area contributed by atoms with Crippen molar-refractivity contribution in [3.63, 3.8) is 0 Å². The Morgan fingerprint density at radius 1 is 0.947 bits per heavy atom. The molecule has 1 aliphatic heterocycles. The van der Waals surface area contributed by atoms with Crippen LogP contribution in [0.1, 0.15) is 11.1 Å². The minimum atomic E-state index is -0.690. The molecule has 0 bridgehead atoms. The molecule has 2 nitrogen and oxygen atoms in total. The highest BCUT2D eigenvalue weighted by Crippen LogP contribution is 2.33. The van der Waals surface area contributed by atoms with E-state index in [0.29, 0.717) is 11.3 Å². The molecule has 0 saturated heterocycles. The molecule has 1 N–H and O–H groups in total. The van der Waals surface area contributed by atoms with E-state index in [1.54, 1.807) is 24.3 Å². The molecule has 19 heavy (non-hydrogen) atoms. The highest BCUT2D eigenvalue weighted by atomic mass is 19.1. The number of benzene rings is 2. The van der Waals surface area contributed by atoms with Crippen molar-refractivity contribution >= 4 is 23.2 Å². The lowest BCUT2D eigenvalue weighted by molar-refractivity contribution is -0.110. The topological polar surface area (TPSA) is 29.1 Å². The third-order valence-electron chi connectivity index (χ3n) is 3.00. The number of para-hydroxylation sites is 1. The SMILES string of the molecule is O=C1Nc2ccccc2/C1=C\c1c(F)cccc1F. The summed E-state index contributed by atoms with van der Waals surface area (Å²) in [6.07, 6.45) is 1.24. The largest absolute Gasteiger partial charge is 0.321 e. The highest BCUT2D eigenvalue weighted by molar-refractivity contribution is 6.34. The Morgan fingerprint density at radius 3 is 2.37 bits per heavy atom. The van der Waals surface area contributed by atoms with Gasteiger partial charge in [-0.15, -0.1) is 0 Å². The zero-order valence-electron chi connectivity index (χ0n) is 9.78. The number of nitrogens with one attached hydrogen (secondary N) is 1. The summed E-state index contributed by atoms with van der Waals surface area (Å²) in [5.74, 6) is -1.74. The van der Waals surface area contributed by atoms with Gasteiger partial charge in [0.2, 0.25) is 0 Å². The molecule has 0 atom stereocenters. The highest BCUT2D eigenvalue weighted by Gasteiger charge is 2.24. The molecule has 3 rings (SSSR count). The lowest BCUT2D eigenvalue weighted by Gasteiger charge is -2.01. The maximum atomic E-state index is 13.6. The average molecular weight is 257 g/mol. The van der Waals surface area contributed by atoms with Crippen LogP contribution >= 0.6 is 0 Å². The Morgan fingerprint density at radius 2 is 1.63 bits per heavy atom. The van der Waals surface area contributed by atoms with Crippen LogP contribution in [0.15, 0.2) is 42.5 Å². The predicted molar refractivity (Wildman–Crippen MR) is 69.3 cm³/mol. The van der Waals surface area contributed by atoms with Crippen molar-refractivity contribution in [2.24, 2.45) is 0 Å². The number of rotatable bonds is 1. The second-order valence-electron chi connectivity index (χ2n) is 4.19. The van der Waals surface area contributed by atoms with Crippen molar-refractivity contribution < 1.29 is 13.6 Å². The Bertz CT molecular complexity index is 687. The molecule has 0 unspecified atom stereocenters. The van der Waals surface area contributed by atoms with E-state index >= 15 is 0 Å². The summed E-state index contributed by atoms with van der Waals surface area (Å²) in [4.78, 5) is 11.8. The van der Waals surface area contributed by atoms with E-state index < -0.39 is 11.6 Å². The fourth-order valence-electron chi connectivity index (χ4n) is 2.08. The quantitative estimate of drug-likeness (QED) is 0.779. The van der Waals surface area contributed by atoms with E-state index in [-0.39, 0.29) is 17.0 Å². The zero-order valence-corrected chi connectivity index (χ0v) is 9.78. The Labute approximate surface area is 108 Å². The first kappa shape index (κ1) is 11.6. The van der Waals surface area contributed by atoms with Gasteiger partial charge in [-0.1, -0.05) is 24.3 Å². The third kappa shape index (κ3) is 1.91. The molecular weight excluding hydrogens is 248 g/mol. The Balaban J connectivity index is 2.17. The third-order valence-corrected chi connectivity index (χ3v) is 3.00. The number of anilines is 1. The number of carbonyl (C=O) groups excluding carboxylic acids is 1. The van der Waals surface area contributed by atoms with Gasteiger partial charge in [-0.2, -0.15) is 0 Å². The monoisotopic (exact) mass is 257 g/mol. The van der Waals surface area contributed by atoms with Gasteiger partial charge in [0.05, 0.1) is 0 Å². The molecule has 2 aromatic carbocycles. The molecule has 0 fully saturated rings. The van der Waals surface area contributed by atoms with Gasteiger partial charge in [-0.05, 0) is 24.3 Å². The fraction of sp³-hybridized carbons (Fsp3) is 0. The molecule has 1 amide bonds. The molecule has 0 aliphatic carbocycles. The first-order valence-electron chi connectivity index (χ1n) is 5.73. The molecule has 0 radical (unpaired) electrons. The molecule has 0 saturated carbocycles. The minimum absolute atomic E-state index is 0.204. The van der Waals surface area contributed by atoms with E-state index in [4.69, 9.17) is 0 Å². The van der Waals surface area contributed by atoms with Gasteiger partial charge >= 0.3 is 0 Å². The van der Waals surface area contributed by atoms with Crippen LogP contribution in [-0.4, -0.2) is 5.91 Å². The van der Waals surface area contributed by atoms with Gasteiger partial charge in [0, 0.05) is 22.4 Å². The van der Waals surface area contributed by atoms with Crippen molar-refractivity contribution in [1.29, 1.82) is 0 Å². The molecule has 2 aromatic rings. The van der Waals surface area contributed by atoms with Crippen LogP contribution in [0.3, 0.4) is 0 Å². The maximum absolute atomic E-state index is 13.6. The van der Waals surface area contributed by atoms with Crippen LogP contribution in [0.5, 0.6) is 0 Å². The number of hydrogen-bond donors (Lipinski definition) is 1. The number of amides is 1. The van der Waals surface area contributed by atoms with Crippen molar-refractivity contribution in [3.8, 4) is 0 Å². The van der Waals surface area contributed by atoms with Crippen molar-refractivity contribution in [2.45, 2.75) is 0 Å². The number of carbonyl (C=O) groups is 1. The van der Waals surface area contributed by atoms with Crippen LogP contribution in [-0.2, 0) is 4.79 Å². The van der Waals surface area contributed by atoms with Crippen LogP contribution in [0.2, 0.25) is 0 Å². The van der Waals surface area contributed by atoms with Crippen molar-refractivity contribution in [2.75, 3.05) is 5.32 Å². The summed E-state index contributed by atoms with van der Waals surface area (Å²) >= 11 is 0. The Kier molecular flexibility index (Phi) is 2.63. The van der Waals surface area contributed by atoms with Gasteiger partial charge in [0.25, 0.3) is 5.91 Å². The van der Waals surface area contributed by atoms with E-state index in [1.165, 1.54) is 12.1 Å². The summed E-state index contributed by atoms with van der Waals surface area (Å²) in [7, 11) is 0. The minimum Gasteiger partial charge on any atom is -0.321 e. The van der Waals surface area contributed by atoms with Crippen LogP contribution in [0, 0.1) is 11.6 Å². The summed E-state index contributed by atoms with van der Waals surface area (Å²) in [5.41, 5.74) is 1.36. The predicted octanol–water partition coefficient (Wildman–Crippen LogP) is 3.46. The zero-order chi connectivity index (χ0) is 13.4. The summed E-state index contributed by atoms with van der Waals surface area (Å²) < 4.78 is 27.2. The van der Waals surface area contributed by atoms with E-state index in [9.17, 15) is 13.6 Å². The van der Waals surface area contributed by atoms with Crippen LogP contribution in [0.4, 0.5) is 14.5 Å². The van der Waals surface area contributed by atoms with Crippen molar-refractivity contribution in [3.05, 3.63) is 65.2 Å². The molecule has 1 heterocycles. The van der Waals surface area contributed by atoms with E-state index in [2.05, 4.69) is 5.32 Å². The molecule has 4 heteroatoms. The van der Waals surface area contributed by atoms with Gasteiger partial charge in [-0.3, -0.25) is 4.79 Å². The van der Waals surface area contributed by atoms with E-state index in [1.807, 2.05) is 0 Å².